The van der Waals surface area contributed by atoms with Crippen molar-refractivity contribution in [1.82, 2.24) is 15.2 Å². The molecule has 1 atom stereocenters. The number of hydrazine groups is 1. The molecule has 0 radical (unpaired) electrons. The molecule has 6 heteroatoms. The minimum absolute atomic E-state index is 0.0136. The molecule has 1 aromatic carbocycles. The van der Waals surface area contributed by atoms with Crippen LogP contribution in [0.3, 0.4) is 0 Å². The molecule has 0 aliphatic rings. The second-order valence-electron chi connectivity index (χ2n) is 5.15. The summed E-state index contributed by atoms with van der Waals surface area (Å²) in [6, 6.07) is 8.88. The normalized spacial score (nSPS) is 13.0. The van der Waals surface area contributed by atoms with Crippen molar-refractivity contribution in [3.63, 3.8) is 0 Å². The number of nitrogens with zero attached hydrogens (tertiary/aromatic N) is 2. The number of rotatable bonds is 4. The molecule has 0 saturated carbocycles. The monoisotopic (exact) mass is 304 g/mol. The number of fused-ring (bicyclic) bond motifs is 1. The van der Waals surface area contributed by atoms with E-state index in [0.717, 1.165) is 32.8 Å². The van der Waals surface area contributed by atoms with Gasteiger partial charge in [-0.25, -0.2) is 4.39 Å². The number of nitrogens with two attached hydrogens (primary N) is 1. The van der Waals surface area contributed by atoms with E-state index in [1.807, 2.05) is 24.7 Å². The zero-order valence-electron chi connectivity index (χ0n) is 11.9. The molecule has 3 N–H and O–H groups in total. The minimum atomic E-state index is -0.216. The summed E-state index contributed by atoms with van der Waals surface area (Å²) in [5.74, 6) is 5.50. The van der Waals surface area contributed by atoms with Gasteiger partial charge >= 0.3 is 0 Å². The fourth-order valence-corrected chi connectivity index (χ4v) is 3.62. The largest absolute Gasteiger partial charge is 0.272 e. The first-order valence-electron chi connectivity index (χ1n) is 6.71. The molecular formula is C15H17FN4S. The average Bonchev–Trinajstić information content (AvgIpc) is 2.98. The third-order valence-electron chi connectivity index (χ3n) is 3.55. The van der Waals surface area contributed by atoms with Crippen LogP contribution in [0.25, 0.3) is 10.1 Å². The van der Waals surface area contributed by atoms with Crippen LogP contribution in [-0.2, 0) is 13.5 Å². The Morgan fingerprint density at radius 1 is 1.38 bits per heavy atom. The highest BCUT2D eigenvalue weighted by Crippen LogP contribution is 2.31. The number of hydrogen-bond donors (Lipinski definition) is 2. The van der Waals surface area contributed by atoms with Crippen LogP contribution in [0.1, 0.15) is 22.3 Å². The second-order valence-corrected chi connectivity index (χ2v) is 6.27. The maximum atomic E-state index is 13.3. The summed E-state index contributed by atoms with van der Waals surface area (Å²) in [7, 11) is 1.93. The van der Waals surface area contributed by atoms with Gasteiger partial charge in [-0.15, -0.1) is 11.3 Å². The van der Waals surface area contributed by atoms with Crippen LogP contribution in [-0.4, -0.2) is 9.78 Å². The Kier molecular flexibility index (Phi) is 3.75. The van der Waals surface area contributed by atoms with Gasteiger partial charge in [-0.3, -0.25) is 16.0 Å². The van der Waals surface area contributed by atoms with E-state index < -0.39 is 0 Å². The Hall–Kier alpha value is -1.76. The molecule has 4 nitrogen and oxygen atoms in total. The van der Waals surface area contributed by atoms with Gasteiger partial charge in [0.25, 0.3) is 0 Å². The van der Waals surface area contributed by atoms with E-state index >= 15 is 0 Å². The highest BCUT2D eigenvalue weighted by molar-refractivity contribution is 7.19. The molecule has 2 heterocycles. The number of aromatic nitrogens is 2. The standard InChI is InChI=1S/C15H17FN4S/c1-9-5-12(20(2)19-9)8-13(18-17)15-7-10-6-11(16)3-4-14(10)21-15/h3-7,13,18H,8,17H2,1-2H3. The third-order valence-corrected chi connectivity index (χ3v) is 4.78. The van der Waals surface area contributed by atoms with Crippen molar-refractivity contribution in [3.05, 3.63) is 52.4 Å². The number of hydrogen-bond acceptors (Lipinski definition) is 4. The Labute approximate surface area is 126 Å². The van der Waals surface area contributed by atoms with Gasteiger partial charge in [0.15, 0.2) is 0 Å². The Morgan fingerprint density at radius 2 is 2.19 bits per heavy atom. The predicted molar refractivity (Wildman–Crippen MR) is 83.5 cm³/mol. The summed E-state index contributed by atoms with van der Waals surface area (Å²) in [6.07, 6.45) is 0.739. The van der Waals surface area contributed by atoms with Crippen molar-refractivity contribution in [1.29, 1.82) is 0 Å². The SMILES string of the molecule is Cc1cc(CC(NN)c2cc3cc(F)ccc3s2)n(C)n1. The van der Waals surface area contributed by atoms with Gasteiger partial charge in [0, 0.05) is 28.7 Å². The molecule has 0 amide bonds. The lowest BCUT2D eigenvalue weighted by molar-refractivity contribution is 0.537. The van der Waals surface area contributed by atoms with Gasteiger partial charge in [-0.1, -0.05) is 0 Å². The molecule has 0 aliphatic heterocycles. The Bertz CT molecular complexity index is 777. The minimum Gasteiger partial charge on any atom is -0.272 e. The van der Waals surface area contributed by atoms with Crippen LogP contribution in [0.4, 0.5) is 4.39 Å². The quantitative estimate of drug-likeness (QED) is 0.575. The molecule has 2 aromatic heterocycles. The molecule has 21 heavy (non-hydrogen) atoms. The lowest BCUT2D eigenvalue weighted by atomic mass is 10.1. The van der Waals surface area contributed by atoms with Gasteiger partial charge in [-0.2, -0.15) is 5.10 Å². The van der Waals surface area contributed by atoms with Crippen LogP contribution in [0.5, 0.6) is 0 Å². The molecule has 0 bridgehead atoms. The number of aryl methyl sites for hydroxylation is 2. The molecular weight excluding hydrogens is 287 g/mol. The smallest absolute Gasteiger partial charge is 0.123 e. The van der Waals surface area contributed by atoms with Crippen LogP contribution in [0, 0.1) is 12.7 Å². The van der Waals surface area contributed by atoms with Crippen LogP contribution < -0.4 is 11.3 Å². The summed E-state index contributed by atoms with van der Waals surface area (Å²) in [5, 5.41) is 5.26. The van der Waals surface area contributed by atoms with Crippen LogP contribution >= 0.6 is 11.3 Å². The van der Waals surface area contributed by atoms with E-state index in [0.29, 0.717) is 0 Å². The highest BCUT2D eigenvalue weighted by Gasteiger charge is 2.16. The molecule has 0 fully saturated rings. The van der Waals surface area contributed by atoms with E-state index in [1.165, 1.54) is 6.07 Å². The lowest BCUT2D eigenvalue weighted by Gasteiger charge is -2.13. The van der Waals surface area contributed by atoms with Gasteiger partial charge in [-0.05, 0) is 42.6 Å². The van der Waals surface area contributed by atoms with E-state index in [2.05, 4.69) is 16.6 Å². The molecule has 0 spiro atoms. The molecule has 0 aliphatic carbocycles. The molecule has 0 saturated heterocycles. The zero-order valence-corrected chi connectivity index (χ0v) is 12.7. The van der Waals surface area contributed by atoms with Gasteiger partial charge in [0.05, 0.1) is 11.7 Å². The van der Waals surface area contributed by atoms with Crippen molar-refractivity contribution in [2.24, 2.45) is 12.9 Å². The molecule has 110 valence electrons. The number of halogens is 1. The Morgan fingerprint density at radius 3 is 2.86 bits per heavy atom. The first-order valence-corrected chi connectivity index (χ1v) is 7.53. The number of thiophene rings is 1. The summed E-state index contributed by atoms with van der Waals surface area (Å²) in [6.45, 7) is 1.97. The van der Waals surface area contributed by atoms with Crippen LogP contribution in [0.2, 0.25) is 0 Å². The summed E-state index contributed by atoms with van der Waals surface area (Å²) >= 11 is 1.63. The van der Waals surface area contributed by atoms with E-state index in [1.54, 1.807) is 23.5 Å². The first kappa shape index (κ1) is 14.2. The average molecular weight is 304 g/mol. The summed E-state index contributed by atoms with van der Waals surface area (Å²) in [5.41, 5.74) is 4.95. The van der Waals surface area contributed by atoms with E-state index in [9.17, 15) is 4.39 Å². The maximum Gasteiger partial charge on any atom is 0.123 e. The molecule has 3 aromatic rings. The van der Waals surface area contributed by atoms with E-state index in [4.69, 9.17) is 5.84 Å². The maximum absolute atomic E-state index is 13.3. The third kappa shape index (κ3) is 2.83. The van der Waals surface area contributed by atoms with E-state index in [-0.39, 0.29) is 11.9 Å². The van der Waals surface area contributed by atoms with Crippen molar-refractivity contribution in [3.8, 4) is 0 Å². The Balaban J connectivity index is 1.92. The van der Waals surface area contributed by atoms with Gasteiger partial charge in [0.2, 0.25) is 0 Å². The van der Waals surface area contributed by atoms with Crippen molar-refractivity contribution in [2.75, 3.05) is 0 Å². The fraction of sp³-hybridized carbons (Fsp3) is 0.267. The zero-order chi connectivity index (χ0) is 15.0. The second kappa shape index (κ2) is 5.55. The molecule has 1 unspecified atom stereocenters. The summed E-state index contributed by atoms with van der Waals surface area (Å²) < 4.78 is 16.2. The fourth-order valence-electron chi connectivity index (χ4n) is 2.51. The van der Waals surface area contributed by atoms with Crippen LogP contribution in [0.15, 0.2) is 30.3 Å². The van der Waals surface area contributed by atoms with Crippen molar-refractivity contribution >= 4 is 21.4 Å². The topological polar surface area (TPSA) is 55.9 Å². The summed E-state index contributed by atoms with van der Waals surface area (Å²) in [4.78, 5) is 1.09. The molecule has 3 rings (SSSR count). The van der Waals surface area contributed by atoms with Crippen molar-refractivity contribution in [2.45, 2.75) is 19.4 Å². The highest BCUT2D eigenvalue weighted by atomic mass is 32.1. The predicted octanol–water partition coefficient (Wildman–Crippen LogP) is 2.83. The van der Waals surface area contributed by atoms with Gasteiger partial charge < -0.3 is 0 Å². The van der Waals surface area contributed by atoms with Gasteiger partial charge in [0.1, 0.15) is 5.82 Å². The lowest BCUT2D eigenvalue weighted by Crippen LogP contribution is -2.29. The first-order chi connectivity index (χ1) is 10.1. The number of benzene rings is 1. The number of nitrogens with one attached hydrogen (secondary N) is 1. The van der Waals surface area contributed by atoms with Crippen molar-refractivity contribution < 1.29 is 4.39 Å².